The lowest BCUT2D eigenvalue weighted by Gasteiger charge is -1.94. The monoisotopic (exact) mass is 218 g/mol. The molecule has 0 radical (unpaired) electrons. The molecule has 0 aliphatic rings. The lowest BCUT2D eigenvalue weighted by Crippen LogP contribution is -1.95. The van der Waals surface area contributed by atoms with Crippen molar-refractivity contribution in [2.24, 2.45) is 0 Å². The molecular formula is C10H6N2O4. The van der Waals surface area contributed by atoms with E-state index in [2.05, 4.69) is 4.85 Å². The van der Waals surface area contributed by atoms with Crippen LogP contribution < -0.4 is 0 Å². The van der Waals surface area contributed by atoms with Crippen LogP contribution in [0.1, 0.15) is 5.56 Å². The summed E-state index contributed by atoms with van der Waals surface area (Å²) in [5.41, 5.74) is -0.0929. The third-order valence-electron chi connectivity index (χ3n) is 1.75. The number of hydrogen-bond acceptors (Lipinski definition) is 3. The number of carboxylic acid groups (broad SMARTS) is 1. The zero-order chi connectivity index (χ0) is 12.1. The van der Waals surface area contributed by atoms with Gasteiger partial charge < -0.3 is 5.11 Å². The highest BCUT2D eigenvalue weighted by Crippen LogP contribution is 2.14. The van der Waals surface area contributed by atoms with Gasteiger partial charge in [-0.2, -0.15) is 0 Å². The van der Waals surface area contributed by atoms with Crippen molar-refractivity contribution in [3.05, 3.63) is 57.1 Å². The van der Waals surface area contributed by atoms with E-state index >= 15 is 0 Å². The number of hydrogen-bond donors (Lipinski definition) is 1. The molecule has 0 spiro atoms. The molecule has 0 saturated heterocycles. The molecule has 0 saturated carbocycles. The van der Waals surface area contributed by atoms with Gasteiger partial charge in [-0.3, -0.25) is 14.9 Å². The Hall–Kier alpha value is -2.68. The lowest BCUT2D eigenvalue weighted by molar-refractivity contribution is -0.384. The van der Waals surface area contributed by atoms with E-state index in [0.29, 0.717) is 5.56 Å². The first-order chi connectivity index (χ1) is 7.54. The van der Waals surface area contributed by atoms with E-state index in [0.717, 1.165) is 6.08 Å². The van der Waals surface area contributed by atoms with E-state index in [1.807, 2.05) is 0 Å². The van der Waals surface area contributed by atoms with Crippen LogP contribution in [-0.4, -0.2) is 16.0 Å². The van der Waals surface area contributed by atoms with Crippen LogP contribution in [0.15, 0.2) is 30.0 Å². The number of aliphatic carboxylic acids is 1. The number of non-ortho nitro benzene ring substituents is 1. The second kappa shape index (κ2) is 4.70. The molecule has 6 heteroatoms. The number of nitrogens with zero attached hydrogens (tertiary/aromatic N) is 2. The van der Waals surface area contributed by atoms with Crippen LogP contribution in [0, 0.1) is 16.7 Å². The van der Waals surface area contributed by atoms with E-state index in [1.165, 1.54) is 24.3 Å². The molecule has 0 aliphatic heterocycles. The van der Waals surface area contributed by atoms with Crippen molar-refractivity contribution in [3.8, 4) is 0 Å². The lowest BCUT2D eigenvalue weighted by atomic mass is 10.2. The zero-order valence-electron chi connectivity index (χ0n) is 7.95. The fraction of sp³-hybridized carbons (Fsp3) is 0. The van der Waals surface area contributed by atoms with Gasteiger partial charge in [0, 0.05) is 12.1 Å². The quantitative estimate of drug-likeness (QED) is 0.363. The maximum Gasteiger partial charge on any atom is 0.333 e. The summed E-state index contributed by atoms with van der Waals surface area (Å²) in [6, 6.07) is 5.25. The maximum atomic E-state index is 10.5. The summed E-state index contributed by atoms with van der Waals surface area (Å²) in [6.07, 6.45) is 1.15. The van der Waals surface area contributed by atoms with Crippen LogP contribution in [0.25, 0.3) is 10.9 Å². The van der Waals surface area contributed by atoms with Crippen molar-refractivity contribution in [2.45, 2.75) is 0 Å². The fourth-order valence-corrected chi connectivity index (χ4v) is 0.992. The van der Waals surface area contributed by atoms with Gasteiger partial charge in [0.15, 0.2) is 0 Å². The minimum Gasteiger partial charge on any atom is -0.486 e. The molecule has 0 fully saturated rings. The molecule has 1 aromatic carbocycles. The van der Waals surface area contributed by atoms with E-state index in [4.69, 9.17) is 11.7 Å². The molecule has 0 aromatic heterocycles. The average Bonchev–Trinajstić information content (AvgIpc) is 2.26. The van der Waals surface area contributed by atoms with Gasteiger partial charge in [-0.1, -0.05) is 0 Å². The van der Waals surface area contributed by atoms with Gasteiger partial charge >= 0.3 is 5.97 Å². The smallest absolute Gasteiger partial charge is 0.333 e. The summed E-state index contributed by atoms with van der Waals surface area (Å²) < 4.78 is 0. The van der Waals surface area contributed by atoms with Gasteiger partial charge in [-0.15, -0.1) is 0 Å². The Bertz CT molecular complexity index is 497. The average molecular weight is 218 g/mol. The van der Waals surface area contributed by atoms with Crippen LogP contribution in [-0.2, 0) is 4.79 Å². The summed E-state index contributed by atoms with van der Waals surface area (Å²) in [5, 5.41) is 18.9. The minimum atomic E-state index is -1.33. The Labute approximate surface area is 90.4 Å². The SMILES string of the molecule is [C-]#[N+]C(=Cc1ccc([N+](=O)[O-])cc1)C(=O)O. The van der Waals surface area contributed by atoms with Crippen LogP contribution in [0.4, 0.5) is 5.69 Å². The molecule has 0 aliphatic carbocycles. The van der Waals surface area contributed by atoms with Crippen molar-refractivity contribution < 1.29 is 14.8 Å². The molecule has 0 atom stereocenters. The Balaban J connectivity index is 3.04. The van der Waals surface area contributed by atoms with Crippen LogP contribution in [0.2, 0.25) is 0 Å². The second-order valence-electron chi connectivity index (χ2n) is 2.80. The molecule has 0 amide bonds. The van der Waals surface area contributed by atoms with Crippen LogP contribution in [0.3, 0.4) is 0 Å². The fourth-order valence-electron chi connectivity index (χ4n) is 0.992. The highest BCUT2D eigenvalue weighted by molar-refractivity contribution is 5.94. The highest BCUT2D eigenvalue weighted by Gasteiger charge is 2.07. The van der Waals surface area contributed by atoms with Crippen molar-refractivity contribution in [1.82, 2.24) is 0 Å². The molecule has 0 unspecified atom stereocenters. The van der Waals surface area contributed by atoms with Crippen LogP contribution >= 0.6 is 0 Å². The van der Waals surface area contributed by atoms with Crippen molar-refractivity contribution in [3.63, 3.8) is 0 Å². The Kier molecular flexibility index (Phi) is 3.35. The van der Waals surface area contributed by atoms with Crippen molar-refractivity contribution >= 4 is 17.7 Å². The van der Waals surface area contributed by atoms with Crippen LogP contribution in [0.5, 0.6) is 0 Å². The predicted molar refractivity (Wildman–Crippen MR) is 55.3 cm³/mol. The Morgan fingerprint density at radius 1 is 1.44 bits per heavy atom. The molecule has 1 aromatic rings. The number of nitro groups is 1. The van der Waals surface area contributed by atoms with Gasteiger partial charge in [0.05, 0.1) is 11.5 Å². The Morgan fingerprint density at radius 3 is 2.38 bits per heavy atom. The molecule has 1 N–H and O–H groups in total. The van der Waals surface area contributed by atoms with E-state index in [9.17, 15) is 14.9 Å². The molecule has 0 heterocycles. The largest absolute Gasteiger partial charge is 0.486 e. The molecule has 6 nitrogen and oxygen atoms in total. The summed E-state index contributed by atoms with van der Waals surface area (Å²) in [5.74, 6) is -1.33. The normalized spacial score (nSPS) is 10.6. The Morgan fingerprint density at radius 2 is 2.00 bits per heavy atom. The number of nitro benzene ring substituents is 1. The summed E-state index contributed by atoms with van der Waals surface area (Å²) in [7, 11) is 0. The minimum absolute atomic E-state index is 0.0863. The van der Waals surface area contributed by atoms with E-state index in [-0.39, 0.29) is 5.69 Å². The van der Waals surface area contributed by atoms with Gasteiger partial charge in [0.2, 0.25) is 0 Å². The molecular weight excluding hydrogens is 212 g/mol. The first kappa shape index (κ1) is 11.4. The summed E-state index contributed by atoms with van der Waals surface area (Å²) in [6.45, 7) is 6.62. The number of carboxylic acids is 1. The first-order valence-corrected chi connectivity index (χ1v) is 4.11. The third-order valence-corrected chi connectivity index (χ3v) is 1.75. The third kappa shape index (κ3) is 2.65. The summed E-state index contributed by atoms with van der Waals surface area (Å²) in [4.78, 5) is 23.1. The van der Waals surface area contributed by atoms with Gasteiger partial charge in [-0.05, 0) is 23.8 Å². The van der Waals surface area contributed by atoms with E-state index < -0.39 is 16.6 Å². The number of rotatable bonds is 3. The van der Waals surface area contributed by atoms with Crippen molar-refractivity contribution in [1.29, 1.82) is 0 Å². The number of carbonyl (C=O) groups is 1. The zero-order valence-corrected chi connectivity index (χ0v) is 7.95. The summed E-state index contributed by atoms with van der Waals surface area (Å²) >= 11 is 0. The predicted octanol–water partition coefficient (Wildman–Crippen LogP) is 1.94. The molecule has 16 heavy (non-hydrogen) atoms. The molecule has 0 bridgehead atoms. The second-order valence-corrected chi connectivity index (χ2v) is 2.80. The maximum absolute atomic E-state index is 10.5. The molecule has 80 valence electrons. The van der Waals surface area contributed by atoms with Gasteiger partial charge in [-0.25, -0.2) is 4.85 Å². The van der Waals surface area contributed by atoms with Gasteiger partial charge in [0.1, 0.15) is 0 Å². The topological polar surface area (TPSA) is 84.8 Å². The standard InChI is InChI=1S/C10H6N2O4/c1-11-9(10(13)14)6-7-2-4-8(5-3-7)12(15)16/h2-6H,(H,13,14). The van der Waals surface area contributed by atoms with Crippen molar-refractivity contribution in [2.75, 3.05) is 0 Å². The molecule has 1 rings (SSSR count). The number of benzene rings is 1. The van der Waals surface area contributed by atoms with Gasteiger partial charge in [0.25, 0.3) is 11.4 Å². The first-order valence-electron chi connectivity index (χ1n) is 4.11. The highest BCUT2D eigenvalue weighted by atomic mass is 16.6. The van der Waals surface area contributed by atoms with E-state index in [1.54, 1.807) is 0 Å².